The van der Waals surface area contributed by atoms with Crippen molar-refractivity contribution < 1.29 is 19.0 Å². The third-order valence-electron chi connectivity index (χ3n) is 3.12. The molecule has 0 atom stereocenters. The van der Waals surface area contributed by atoms with Gasteiger partial charge < -0.3 is 14.6 Å². The fourth-order valence-corrected chi connectivity index (χ4v) is 1.92. The summed E-state index contributed by atoms with van der Waals surface area (Å²) in [6, 6.07) is 3.07. The molecule has 0 saturated heterocycles. The van der Waals surface area contributed by atoms with Crippen LogP contribution in [-0.2, 0) is 17.8 Å². The van der Waals surface area contributed by atoms with Crippen LogP contribution in [0.4, 0.5) is 4.39 Å². The van der Waals surface area contributed by atoms with E-state index in [2.05, 4.69) is 0 Å². The maximum atomic E-state index is 13.6. The van der Waals surface area contributed by atoms with Gasteiger partial charge in [0.05, 0.1) is 19.3 Å². The van der Waals surface area contributed by atoms with E-state index in [0.29, 0.717) is 13.0 Å². The summed E-state index contributed by atoms with van der Waals surface area (Å²) in [5.74, 6) is -0.185. The van der Waals surface area contributed by atoms with Crippen molar-refractivity contribution in [2.75, 3.05) is 14.2 Å². The molecule has 1 aromatic carbocycles. The average Bonchev–Trinajstić information content (AvgIpc) is 3.00. The van der Waals surface area contributed by atoms with Gasteiger partial charge in [-0.25, -0.2) is 4.39 Å². The second-order valence-corrected chi connectivity index (χ2v) is 4.59. The molecule has 1 fully saturated rings. The first-order valence-electron chi connectivity index (χ1n) is 5.64. The molecule has 2 rings (SSSR count). The summed E-state index contributed by atoms with van der Waals surface area (Å²) in [6.45, 7) is 0.391. The number of benzene rings is 1. The first-order valence-corrected chi connectivity index (χ1v) is 5.64. The lowest BCUT2D eigenvalue weighted by atomic mass is 10.00. The third-order valence-corrected chi connectivity index (χ3v) is 3.12. The van der Waals surface area contributed by atoms with Crippen LogP contribution in [0.2, 0.25) is 0 Å². The van der Waals surface area contributed by atoms with Gasteiger partial charge in [-0.1, -0.05) is 0 Å². The van der Waals surface area contributed by atoms with E-state index in [9.17, 15) is 9.50 Å². The van der Waals surface area contributed by atoms with Crippen LogP contribution < -0.4 is 4.74 Å². The molecule has 0 unspecified atom stereocenters. The van der Waals surface area contributed by atoms with Crippen LogP contribution in [0.25, 0.3) is 0 Å². The maximum Gasteiger partial charge on any atom is 0.165 e. The van der Waals surface area contributed by atoms with E-state index in [4.69, 9.17) is 9.47 Å². The van der Waals surface area contributed by atoms with E-state index in [1.165, 1.54) is 13.2 Å². The van der Waals surface area contributed by atoms with Crippen molar-refractivity contribution in [2.24, 2.45) is 0 Å². The molecule has 0 aromatic heterocycles. The summed E-state index contributed by atoms with van der Waals surface area (Å²) >= 11 is 0. The molecule has 1 saturated carbocycles. The van der Waals surface area contributed by atoms with E-state index in [1.54, 1.807) is 13.2 Å². The van der Waals surface area contributed by atoms with Crippen molar-refractivity contribution in [1.29, 1.82) is 0 Å². The molecule has 1 aliphatic carbocycles. The van der Waals surface area contributed by atoms with Crippen molar-refractivity contribution in [1.82, 2.24) is 0 Å². The van der Waals surface area contributed by atoms with Gasteiger partial charge in [-0.05, 0) is 36.1 Å². The molecule has 3 nitrogen and oxygen atoms in total. The zero-order valence-electron chi connectivity index (χ0n) is 10.1. The van der Waals surface area contributed by atoms with Crippen molar-refractivity contribution in [3.8, 4) is 5.75 Å². The number of halogens is 1. The lowest BCUT2D eigenvalue weighted by molar-refractivity contribution is 0.148. The predicted octanol–water partition coefficient (Wildman–Crippen LogP) is 2.05. The number of methoxy groups -OCH3 is 2. The van der Waals surface area contributed by atoms with Crippen LogP contribution in [0.1, 0.15) is 24.0 Å². The first-order chi connectivity index (χ1) is 8.08. The van der Waals surface area contributed by atoms with Gasteiger partial charge in [0.15, 0.2) is 11.6 Å². The lowest BCUT2D eigenvalue weighted by Gasteiger charge is -2.14. The second-order valence-electron chi connectivity index (χ2n) is 4.59. The van der Waals surface area contributed by atoms with Crippen molar-refractivity contribution in [2.45, 2.75) is 31.5 Å². The van der Waals surface area contributed by atoms with Crippen molar-refractivity contribution >= 4 is 0 Å². The highest BCUT2D eigenvalue weighted by atomic mass is 19.1. The summed E-state index contributed by atoms with van der Waals surface area (Å²) in [6.07, 6.45) is 2.05. The largest absolute Gasteiger partial charge is 0.494 e. The van der Waals surface area contributed by atoms with Gasteiger partial charge in [-0.2, -0.15) is 0 Å². The SMILES string of the molecule is COCc1cc(OC)c(F)cc1CC1(O)CC1. The van der Waals surface area contributed by atoms with Crippen LogP contribution in [0, 0.1) is 5.82 Å². The predicted molar refractivity (Wildman–Crippen MR) is 61.6 cm³/mol. The number of hydrogen-bond acceptors (Lipinski definition) is 3. The first kappa shape index (κ1) is 12.3. The Morgan fingerprint density at radius 3 is 2.53 bits per heavy atom. The lowest BCUT2D eigenvalue weighted by Crippen LogP contribution is -2.13. The third kappa shape index (κ3) is 2.76. The minimum Gasteiger partial charge on any atom is -0.494 e. The summed E-state index contributed by atoms with van der Waals surface area (Å²) in [7, 11) is 3.02. The van der Waals surface area contributed by atoms with Gasteiger partial charge in [0, 0.05) is 13.5 Å². The van der Waals surface area contributed by atoms with Gasteiger partial charge in [-0.15, -0.1) is 0 Å². The average molecular weight is 240 g/mol. The topological polar surface area (TPSA) is 38.7 Å². The highest BCUT2D eigenvalue weighted by Crippen LogP contribution is 2.39. The molecular formula is C13H17FO3. The van der Waals surface area contributed by atoms with Gasteiger partial charge in [-0.3, -0.25) is 0 Å². The Kier molecular flexibility index (Phi) is 3.35. The zero-order chi connectivity index (χ0) is 12.5. The molecule has 0 bridgehead atoms. The Hall–Kier alpha value is -1.13. The van der Waals surface area contributed by atoms with Gasteiger partial charge in [0.2, 0.25) is 0 Å². The molecule has 0 radical (unpaired) electrons. The van der Waals surface area contributed by atoms with Crippen molar-refractivity contribution in [3.05, 3.63) is 29.1 Å². The Labute approximate surface area is 100 Å². The van der Waals surface area contributed by atoms with E-state index in [1.807, 2.05) is 0 Å². The van der Waals surface area contributed by atoms with E-state index in [-0.39, 0.29) is 5.75 Å². The molecule has 0 amide bonds. The van der Waals surface area contributed by atoms with E-state index in [0.717, 1.165) is 24.0 Å². The Balaban J connectivity index is 2.30. The summed E-state index contributed by atoms with van der Waals surface area (Å²) < 4.78 is 23.6. The number of aliphatic hydroxyl groups is 1. The Morgan fingerprint density at radius 1 is 1.29 bits per heavy atom. The van der Waals surface area contributed by atoms with Crippen LogP contribution >= 0.6 is 0 Å². The maximum absolute atomic E-state index is 13.6. The fourth-order valence-electron chi connectivity index (χ4n) is 1.92. The number of ether oxygens (including phenoxy) is 2. The highest BCUT2D eigenvalue weighted by molar-refractivity contribution is 5.38. The summed E-state index contributed by atoms with van der Waals surface area (Å²) in [5.41, 5.74) is 1.03. The second kappa shape index (κ2) is 4.63. The molecular weight excluding hydrogens is 223 g/mol. The molecule has 0 aliphatic heterocycles. The zero-order valence-corrected chi connectivity index (χ0v) is 10.1. The summed E-state index contributed by atoms with van der Waals surface area (Å²) in [4.78, 5) is 0. The molecule has 1 N–H and O–H groups in total. The van der Waals surface area contributed by atoms with Crippen LogP contribution in [0.5, 0.6) is 5.75 Å². The number of hydrogen-bond donors (Lipinski definition) is 1. The monoisotopic (exact) mass is 240 g/mol. The minimum absolute atomic E-state index is 0.212. The van der Waals surface area contributed by atoms with Crippen LogP contribution in [-0.4, -0.2) is 24.9 Å². The summed E-state index contributed by atoms with van der Waals surface area (Å²) in [5, 5.41) is 9.90. The van der Waals surface area contributed by atoms with E-state index < -0.39 is 11.4 Å². The Bertz CT molecular complexity index is 413. The molecule has 1 aromatic rings. The van der Waals surface area contributed by atoms with Crippen molar-refractivity contribution in [3.63, 3.8) is 0 Å². The highest BCUT2D eigenvalue weighted by Gasteiger charge is 2.40. The number of rotatable bonds is 5. The molecule has 17 heavy (non-hydrogen) atoms. The van der Waals surface area contributed by atoms with E-state index >= 15 is 0 Å². The molecule has 94 valence electrons. The minimum atomic E-state index is -0.635. The molecule has 1 aliphatic rings. The van der Waals surface area contributed by atoms with Gasteiger partial charge in [0.1, 0.15) is 0 Å². The fraction of sp³-hybridized carbons (Fsp3) is 0.538. The van der Waals surface area contributed by atoms with Crippen LogP contribution in [0.15, 0.2) is 12.1 Å². The van der Waals surface area contributed by atoms with Gasteiger partial charge >= 0.3 is 0 Å². The molecule has 0 heterocycles. The van der Waals surface area contributed by atoms with Crippen LogP contribution in [0.3, 0.4) is 0 Å². The molecule has 4 heteroatoms. The molecule has 0 spiro atoms. The smallest absolute Gasteiger partial charge is 0.165 e. The van der Waals surface area contributed by atoms with Gasteiger partial charge in [0.25, 0.3) is 0 Å². The standard InChI is InChI=1S/C13H17FO3/c1-16-8-10-6-12(17-2)11(14)5-9(10)7-13(15)3-4-13/h5-6,15H,3-4,7-8H2,1-2H3. The normalized spacial score (nSPS) is 16.9. The Morgan fingerprint density at radius 2 is 2.00 bits per heavy atom. The quantitative estimate of drug-likeness (QED) is 0.856.